The van der Waals surface area contributed by atoms with Gasteiger partial charge in [-0.2, -0.15) is 0 Å². The summed E-state index contributed by atoms with van der Waals surface area (Å²) in [5, 5.41) is 5.31. The number of aromatic nitrogens is 1. The highest BCUT2D eigenvalue weighted by atomic mass is 19.1. The molecule has 2 saturated heterocycles. The molecule has 4 aromatic rings. The molecular weight excluding hydrogens is 509 g/mol. The lowest BCUT2D eigenvalue weighted by atomic mass is 10.0. The number of likely N-dealkylation sites (tertiary alicyclic amines) is 1. The van der Waals surface area contributed by atoms with Crippen molar-refractivity contribution in [1.29, 1.82) is 0 Å². The summed E-state index contributed by atoms with van der Waals surface area (Å²) < 4.78 is 24.0. The van der Waals surface area contributed by atoms with Crippen molar-refractivity contribution in [2.75, 3.05) is 64.7 Å². The van der Waals surface area contributed by atoms with Crippen LogP contribution >= 0.6 is 0 Å². The number of nitrogens with zero attached hydrogens (tertiary/aromatic N) is 4. The van der Waals surface area contributed by atoms with E-state index in [0.717, 1.165) is 49.2 Å². The van der Waals surface area contributed by atoms with E-state index < -0.39 is 11.2 Å². The number of likely N-dealkylation sites (N-methyl/N-ethyl adjacent to an activating group) is 1. The third-order valence-corrected chi connectivity index (χ3v) is 8.46. The number of pyridine rings is 1. The van der Waals surface area contributed by atoms with Gasteiger partial charge in [-0.3, -0.25) is 9.59 Å². The second-order valence-electron chi connectivity index (χ2n) is 11.0. The van der Waals surface area contributed by atoms with Crippen LogP contribution in [0.15, 0.2) is 53.5 Å². The van der Waals surface area contributed by atoms with Crippen LogP contribution in [0.2, 0.25) is 0 Å². The molecule has 3 aliphatic heterocycles. The minimum Gasteiger partial charge on any atom is -0.451 e. The molecule has 206 valence electrons. The summed E-state index contributed by atoms with van der Waals surface area (Å²) in [5.41, 5.74) is 0.993. The van der Waals surface area contributed by atoms with E-state index in [4.69, 9.17) is 4.74 Å². The van der Waals surface area contributed by atoms with Crippen LogP contribution in [0.5, 0.6) is 11.5 Å². The number of nitrogens with one attached hydrogen (secondary N) is 1. The second kappa shape index (κ2) is 9.91. The summed E-state index contributed by atoms with van der Waals surface area (Å²) in [6.45, 7) is 5.99. The summed E-state index contributed by atoms with van der Waals surface area (Å²) in [4.78, 5) is 33.7. The lowest BCUT2D eigenvalue weighted by Gasteiger charge is -2.33. The van der Waals surface area contributed by atoms with Gasteiger partial charge >= 0.3 is 0 Å². The number of carbonyl (C=O) groups is 1. The van der Waals surface area contributed by atoms with Crippen LogP contribution in [0, 0.1) is 5.82 Å². The van der Waals surface area contributed by atoms with Crippen molar-refractivity contribution in [3.8, 4) is 17.2 Å². The fourth-order valence-electron chi connectivity index (χ4n) is 6.22. The van der Waals surface area contributed by atoms with Crippen molar-refractivity contribution < 1.29 is 13.9 Å². The molecule has 0 aliphatic carbocycles. The molecule has 4 heterocycles. The van der Waals surface area contributed by atoms with Gasteiger partial charge in [0.15, 0.2) is 17.3 Å². The first-order valence-electron chi connectivity index (χ1n) is 14.1. The Hall–Kier alpha value is -3.95. The number of hydrogen-bond donors (Lipinski definition) is 1. The van der Waals surface area contributed by atoms with Gasteiger partial charge in [0, 0.05) is 50.9 Å². The zero-order valence-corrected chi connectivity index (χ0v) is 22.6. The number of carbonyl (C=O) groups excluding carboxylic acids is 1. The molecule has 8 nitrogen and oxygen atoms in total. The number of rotatable bonds is 5. The van der Waals surface area contributed by atoms with Gasteiger partial charge in [-0.1, -0.05) is 30.3 Å². The van der Waals surface area contributed by atoms with Gasteiger partial charge in [-0.05, 0) is 50.5 Å². The SMILES string of the molecule is CN1CCN(C(=O)c2cn3c4c(c(NCCN5CCCC5)c(F)cc4c2=O)Oc2ccc4ccccc4c2-3)CC1. The molecule has 3 aromatic carbocycles. The van der Waals surface area contributed by atoms with Gasteiger partial charge in [0.25, 0.3) is 5.91 Å². The quantitative estimate of drug-likeness (QED) is 0.358. The van der Waals surface area contributed by atoms with E-state index in [0.29, 0.717) is 30.9 Å². The standard InChI is InChI=1S/C31H32FN5O3/c1-34-14-16-36(17-15-34)31(39)23-19-37-27-21-7-3-2-6-20(21)8-9-25(27)40-30-26(33-10-13-35-11-4-5-12-35)24(32)18-22(28(30)37)29(23)38/h2-3,6-9,18-19,33H,4-5,10-17H2,1H3. The number of amides is 1. The van der Waals surface area contributed by atoms with Gasteiger partial charge < -0.3 is 29.3 Å². The molecule has 0 spiro atoms. The molecule has 2 fully saturated rings. The highest BCUT2D eigenvalue weighted by Gasteiger charge is 2.31. The molecule has 0 bridgehead atoms. The molecule has 1 aromatic heterocycles. The van der Waals surface area contributed by atoms with Crippen molar-refractivity contribution in [3.63, 3.8) is 0 Å². The van der Waals surface area contributed by atoms with E-state index in [2.05, 4.69) is 15.1 Å². The Morgan fingerprint density at radius 2 is 1.77 bits per heavy atom. The van der Waals surface area contributed by atoms with Gasteiger partial charge in [0.05, 0.1) is 11.1 Å². The van der Waals surface area contributed by atoms with Crippen molar-refractivity contribution in [2.24, 2.45) is 0 Å². The van der Waals surface area contributed by atoms with Crippen LogP contribution in [0.3, 0.4) is 0 Å². The minimum atomic E-state index is -0.569. The van der Waals surface area contributed by atoms with Crippen LogP contribution in [0.1, 0.15) is 23.2 Å². The van der Waals surface area contributed by atoms with E-state index in [1.165, 1.54) is 18.9 Å². The van der Waals surface area contributed by atoms with Crippen LogP contribution < -0.4 is 15.5 Å². The first kappa shape index (κ1) is 25.0. The summed E-state index contributed by atoms with van der Waals surface area (Å²) in [6, 6.07) is 13.0. The molecule has 40 heavy (non-hydrogen) atoms. The van der Waals surface area contributed by atoms with E-state index in [9.17, 15) is 9.59 Å². The van der Waals surface area contributed by atoms with Crippen molar-refractivity contribution in [3.05, 3.63) is 70.3 Å². The fraction of sp³-hybridized carbons (Fsp3) is 0.355. The topological polar surface area (TPSA) is 70.0 Å². The van der Waals surface area contributed by atoms with E-state index in [-0.39, 0.29) is 28.3 Å². The number of hydrogen-bond acceptors (Lipinski definition) is 6. The molecular formula is C31H32FN5O3. The molecule has 0 atom stereocenters. The molecule has 3 aliphatic rings. The molecule has 0 saturated carbocycles. The normalized spacial score (nSPS) is 17.3. The van der Waals surface area contributed by atoms with Crippen molar-refractivity contribution >= 4 is 33.3 Å². The third kappa shape index (κ3) is 4.12. The lowest BCUT2D eigenvalue weighted by Crippen LogP contribution is -2.48. The third-order valence-electron chi connectivity index (χ3n) is 8.46. The summed E-state index contributed by atoms with van der Waals surface area (Å²) >= 11 is 0. The first-order chi connectivity index (χ1) is 19.5. The molecule has 0 unspecified atom stereocenters. The van der Waals surface area contributed by atoms with Crippen molar-refractivity contribution in [2.45, 2.75) is 12.8 Å². The number of halogens is 1. The fourth-order valence-corrected chi connectivity index (χ4v) is 6.22. The van der Waals surface area contributed by atoms with Gasteiger partial charge in [-0.15, -0.1) is 0 Å². The number of ether oxygens (including phenoxy) is 1. The average molecular weight is 542 g/mol. The first-order valence-corrected chi connectivity index (χ1v) is 14.1. The predicted molar refractivity (Wildman–Crippen MR) is 155 cm³/mol. The monoisotopic (exact) mass is 541 g/mol. The maximum absolute atomic E-state index is 15.8. The number of anilines is 1. The largest absolute Gasteiger partial charge is 0.451 e. The van der Waals surface area contributed by atoms with Crippen LogP contribution in [-0.2, 0) is 0 Å². The molecule has 9 heteroatoms. The zero-order chi connectivity index (χ0) is 27.4. The van der Waals surface area contributed by atoms with Crippen LogP contribution in [0.4, 0.5) is 10.1 Å². The predicted octanol–water partition coefficient (Wildman–Crippen LogP) is 4.28. The Bertz CT molecular complexity index is 1700. The van der Waals surface area contributed by atoms with Gasteiger partial charge in [0.1, 0.15) is 16.8 Å². The molecule has 0 radical (unpaired) electrons. The average Bonchev–Trinajstić information content (AvgIpc) is 3.49. The highest BCUT2D eigenvalue weighted by Crippen LogP contribution is 2.47. The smallest absolute Gasteiger partial charge is 0.259 e. The Labute approximate surface area is 231 Å². The highest BCUT2D eigenvalue weighted by molar-refractivity contribution is 6.04. The molecule has 1 N–H and O–H groups in total. The molecule has 1 amide bonds. The van der Waals surface area contributed by atoms with Crippen LogP contribution in [-0.4, -0.2) is 84.6 Å². The number of benzene rings is 3. The maximum Gasteiger partial charge on any atom is 0.259 e. The van der Waals surface area contributed by atoms with E-state index in [1.807, 2.05) is 48.0 Å². The van der Waals surface area contributed by atoms with E-state index >= 15 is 4.39 Å². The summed E-state index contributed by atoms with van der Waals surface area (Å²) in [5.74, 6) is -0.0787. The van der Waals surface area contributed by atoms with Gasteiger partial charge in [0.2, 0.25) is 5.43 Å². The van der Waals surface area contributed by atoms with Crippen molar-refractivity contribution in [1.82, 2.24) is 19.3 Å². The minimum absolute atomic E-state index is 0.0397. The summed E-state index contributed by atoms with van der Waals surface area (Å²) in [7, 11) is 2.01. The lowest BCUT2D eigenvalue weighted by molar-refractivity contribution is 0.0662. The Kier molecular flexibility index (Phi) is 6.20. The maximum atomic E-state index is 15.8. The van der Waals surface area contributed by atoms with Gasteiger partial charge in [-0.25, -0.2) is 4.39 Å². The molecule has 7 rings (SSSR count). The Morgan fingerprint density at radius 3 is 2.58 bits per heavy atom. The Morgan fingerprint density at radius 1 is 1.00 bits per heavy atom. The van der Waals surface area contributed by atoms with E-state index in [1.54, 1.807) is 11.1 Å². The summed E-state index contributed by atoms with van der Waals surface area (Å²) in [6.07, 6.45) is 4.00. The number of piperazine rings is 1. The Balaban J connectivity index is 1.41. The zero-order valence-electron chi connectivity index (χ0n) is 22.6. The number of fused-ring (bicyclic) bond motifs is 4. The second-order valence-corrected chi connectivity index (χ2v) is 11.0. The van der Waals surface area contributed by atoms with Crippen LogP contribution in [0.25, 0.3) is 27.4 Å².